The molecule has 68 valence electrons. The average Bonchev–Trinajstić information content (AvgIpc) is 1.86. The van der Waals surface area contributed by atoms with E-state index >= 15 is 0 Å². The Hall–Kier alpha value is -0.0800. The van der Waals surface area contributed by atoms with Gasteiger partial charge in [-0.05, 0) is 25.3 Å². The Bertz CT molecular complexity index is 83.6. The molecule has 0 heterocycles. The van der Waals surface area contributed by atoms with E-state index in [-0.39, 0.29) is 0 Å². The van der Waals surface area contributed by atoms with Crippen LogP contribution in [-0.2, 0) is 4.74 Å². The van der Waals surface area contributed by atoms with Gasteiger partial charge in [0.15, 0.2) is 0 Å². The highest BCUT2D eigenvalue weighted by Gasteiger charge is 2.03. The van der Waals surface area contributed by atoms with E-state index < -0.39 is 0 Å². The zero-order chi connectivity index (χ0) is 8.69. The second kappa shape index (κ2) is 6.62. The molecule has 0 saturated carbocycles. The van der Waals surface area contributed by atoms with Gasteiger partial charge >= 0.3 is 0 Å². The van der Waals surface area contributed by atoms with Gasteiger partial charge in [-0.3, -0.25) is 5.32 Å². The predicted molar refractivity (Wildman–Crippen MR) is 48.5 cm³/mol. The van der Waals surface area contributed by atoms with Crippen LogP contribution >= 0.6 is 0 Å². The van der Waals surface area contributed by atoms with Gasteiger partial charge in [0.1, 0.15) is 0 Å². The lowest BCUT2D eigenvalue weighted by Gasteiger charge is -2.13. The van der Waals surface area contributed by atoms with Crippen molar-refractivity contribution in [2.24, 2.45) is 11.8 Å². The van der Waals surface area contributed by atoms with Gasteiger partial charge in [-0.15, -0.1) is 0 Å². The molecule has 0 saturated heterocycles. The molecule has 0 fully saturated rings. The van der Waals surface area contributed by atoms with Crippen molar-refractivity contribution >= 4 is 0 Å². The minimum Gasteiger partial charge on any atom is -0.366 e. The number of hydrogen-bond acceptors (Lipinski definition) is 2. The summed E-state index contributed by atoms with van der Waals surface area (Å²) in [5.74, 6) is 1.46. The molecule has 0 aromatic rings. The third-order valence-corrected chi connectivity index (χ3v) is 1.52. The molecule has 0 aliphatic rings. The minimum absolute atomic E-state index is 0.669. The molecule has 1 unspecified atom stereocenters. The summed E-state index contributed by atoms with van der Waals surface area (Å²) in [7, 11) is 1.90. The van der Waals surface area contributed by atoms with Gasteiger partial charge in [0.25, 0.3) is 0 Å². The number of rotatable bonds is 6. The molecule has 2 heteroatoms. The van der Waals surface area contributed by atoms with Crippen molar-refractivity contribution in [1.82, 2.24) is 5.32 Å². The lowest BCUT2D eigenvalue weighted by Crippen LogP contribution is -2.16. The first-order valence-corrected chi connectivity index (χ1v) is 4.39. The fourth-order valence-corrected chi connectivity index (χ4v) is 1.23. The molecule has 1 atom stereocenters. The van der Waals surface area contributed by atoms with Crippen molar-refractivity contribution in [3.63, 3.8) is 0 Å². The summed E-state index contributed by atoms with van der Waals surface area (Å²) in [5.41, 5.74) is 0. The molecule has 0 aliphatic carbocycles. The number of nitrogens with one attached hydrogen (secondary N) is 1. The average molecular weight is 159 g/mol. The summed E-state index contributed by atoms with van der Waals surface area (Å²) in [4.78, 5) is 0. The lowest BCUT2D eigenvalue weighted by atomic mass is 10.00. The Morgan fingerprint density at radius 2 is 1.91 bits per heavy atom. The van der Waals surface area contributed by atoms with Crippen molar-refractivity contribution in [3.8, 4) is 0 Å². The fourth-order valence-electron chi connectivity index (χ4n) is 1.23. The highest BCUT2D eigenvalue weighted by molar-refractivity contribution is 4.54. The van der Waals surface area contributed by atoms with Crippen molar-refractivity contribution in [1.29, 1.82) is 0 Å². The summed E-state index contributed by atoms with van der Waals surface area (Å²) < 4.78 is 5.33. The molecule has 2 nitrogen and oxygen atoms in total. The van der Waals surface area contributed by atoms with E-state index in [0.29, 0.717) is 12.6 Å². The van der Waals surface area contributed by atoms with Crippen LogP contribution in [0.5, 0.6) is 0 Å². The van der Waals surface area contributed by atoms with Crippen LogP contribution in [0.25, 0.3) is 0 Å². The highest BCUT2D eigenvalue weighted by atomic mass is 16.5. The monoisotopic (exact) mass is 159 g/mol. The summed E-state index contributed by atoms with van der Waals surface area (Å²) >= 11 is 0. The third-order valence-electron chi connectivity index (χ3n) is 1.52. The molecular formula is C9H21NO. The van der Waals surface area contributed by atoms with Crippen molar-refractivity contribution in [2.75, 3.05) is 20.4 Å². The van der Waals surface area contributed by atoms with Crippen LogP contribution in [0.1, 0.15) is 27.2 Å². The van der Waals surface area contributed by atoms with Crippen molar-refractivity contribution in [3.05, 3.63) is 0 Å². The van der Waals surface area contributed by atoms with Crippen LogP contribution in [0, 0.1) is 11.8 Å². The topological polar surface area (TPSA) is 21.3 Å². The lowest BCUT2D eigenvalue weighted by molar-refractivity contribution is 0.0878. The molecule has 0 amide bonds. The highest BCUT2D eigenvalue weighted by Crippen LogP contribution is 2.10. The maximum absolute atomic E-state index is 5.33. The van der Waals surface area contributed by atoms with Crippen LogP contribution in [0.15, 0.2) is 0 Å². The van der Waals surface area contributed by atoms with E-state index in [4.69, 9.17) is 4.74 Å². The molecule has 0 aromatic heterocycles. The number of hydrogen-bond donors (Lipinski definition) is 1. The first-order valence-electron chi connectivity index (χ1n) is 4.39. The summed E-state index contributed by atoms with van der Waals surface area (Å²) in [6, 6.07) is 0. The quantitative estimate of drug-likeness (QED) is 0.472. The van der Waals surface area contributed by atoms with Gasteiger partial charge < -0.3 is 4.74 Å². The van der Waals surface area contributed by atoms with Crippen molar-refractivity contribution in [2.45, 2.75) is 27.2 Å². The second-order valence-electron chi connectivity index (χ2n) is 3.60. The molecule has 0 bridgehead atoms. The van der Waals surface area contributed by atoms with E-state index in [1.165, 1.54) is 6.42 Å². The maximum atomic E-state index is 5.33. The Morgan fingerprint density at radius 1 is 1.27 bits per heavy atom. The van der Waals surface area contributed by atoms with Gasteiger partial charge in [-0.1, -0.05) is 20.8 Å². The maximum Gasteiger partial charge on any atom is 0.0962 e. The molecule has 1 N–H and O–H groups in total. The van der Waals surface area contributed by atoms with Gasteiger partial charge in [0, 0.05) is 0 Å². The molecule has 0 spiro atoms. The molecule has 0 aromatic carbocycles. The van der Waals surface area contributed by atoms with Crippen LogP contribution in [-0.4, -0.2) is 20.4 Å². The van der Waals surface area contributed by atoms with E-state index in [2.05, 4.69) is 26.1 Å². The second-order valence-corrected chi connectivity index (χ2v) is 3.60. The Labute approximate surface area is 70.3 Å². The Morgan fingerprint density at radius 3 is 2.36 bits per heavy atom. The van der Waals surface area contributed by atoms with Crippen LogP contribution in [0.2, 0.25) is 0 Å². The Balaban J connectivity index is 3.15. The minimum atomic E-state index is 0.669. The van der Waals surface area contributed by atoms with Gasteiger partial charge in [-0.2, -0.15) is 0 Å². The predicted octanol–water partition coefficient (Wildman–Crippen LogP) is 1.86. The zero-order valence-corrected chi connectivity index (χ0v) is 8.18. The van der Waals surface area contributed by atoms with E-state index in [1.54, 1.807) is 0 Å². The smallest absolute Gasteiger partial charge is 0.0962 e. The van der Waals surface area contributed by atoms with Crippen LogP contribution < -0.4 is 5.32 Å². The fraction of sp³-hybridized carbons (Fsp3) is 1.00. The summed E-state index contributed by atoms with van der Waals surface area (Å²) in [5, 5.41) is 2.95. The number of ether oxygens (including phenoxy) is 1. The molecule has 0 rings (SSSR count). The third kappa shape index (κ3) is 7.82. The van der Waals surface area contributed by atoms with E-state index in [1.807, 2.05) is 7.05 Å². The van der Waals surface area contributed by atoms with Gasteiger partial charge in [0.2, 0.25) is 0 Å². The molecule has 11 heavy (non-hydrogen) atoms. The molecular weight excluding hydrogens is 138 g/mol. The largest absolute Gasteiger partial charge is 0.366 e. The normalized spacial score (nSPS) is 13.9. The van der Waals surface area contributed by atoms with Crippen LogP contribution in [0.3, 0.4) is 0 Å². The first kappa shape index (κ1) is 10.9. The van der Waals surface area contributed by atoms with E-state index in [0.717, 1.165) is 12.5 Å². The summed E-state index contributed by atoms with van der Waals surface area (Å²) in [6.07, 6.45) is 1.25. The Kier molecular flexibility index (Phi) is 6.57. The van der Waals surface area contributed by atoms with Crippen molar-refractivity contribution < 1.29 is 4.74 Å². The van der Waals surface area contributed by atoms with Gasteiger partial charge in [0.05, 0.1) is 13.3 Å². The van der Waals surface area contributed by atoms with E-state index in [9.17, 15) is 0 Å². The SMILES string of the molecule is CNCOCC(C)CC(C)C. The molecule has 0 aliphatic heterocycles. The first-order chi connectivity index (χ1) is 5.16. The zero-order valence-electron chi connectivity index (χ0n) is 8.18. The standard InChI is InChI=1S/C9H21NO/c1-8(2)5-9(3)6-11-7-10-4/h8-10H,5-7H2,1-4H3. The summed E-state index contributed by atoms with van der Waals surface area (Å²) in [6.45, 7) is 8.26. The molecule has 0 radical (unpaired) electrons. The van der Waals surface area contributed by atoms with Gasteiger partial charge in [-0.25, -0.2) is 0 Å². The van der Waals surface area contributed by atoms with Crippen LogP contribution in [0.4, 0.5) is 0 Å².